The molecule has 1 atom stereocenters. The molecule has 0 saturated carbocycles. The summed E-state index contributed by atoms with van der Waals surface area (Å²) in [5, 5.41) is 2.90. The van der Waals surface area contributed by atoms with Crippen molar-refractivity contribution in [2.45, 2.75) is 32.7 Å². The molecule has 1 N–H and O–H groups in total. The molecular formula is C21H21FN2O2. The normalized spacial score (nSPS) is 12.0. The van der Waals surface area contributed by atoms with Gasteiger partial charge in [-0.2, -0.15) is 0 Å². The molecule has 0 bridgehead atoms. The Kier molecular flexibility index (Phi) is 5.46. The smallest absolute Gasteiger partial charge is 0.221 e. The van der Waals surface area contributed by atoms with E-state index >= 15 is 0 Å². The summed E-state index contributed by atoms with van der Waals surface area (Å²) >= 11 is 0. The van der Waals surface area contributed by atoms with Gasteiger partial charge in [0.05, 0.1) is 6.54 Å². The van der Waals surface area contributed by atoms with E-state index < -0.39 is 0 Å². The molecule has 0 aliphatic heterocycles. The van der Waals surface area contributed by atoms with Crippen molar-refractivity contribution in [2.24, 2.45) is 0 Å². The Labute approximate surface area is 152 Å². The van der Waals surface area contributed by atoms with E-state index in [0.717, 1.165) is 16.8 Å². The minimum Gasteiger partial charge on any atom is -0.446 e. The van der Waals surface area contributed by atoms with Gasteiger partial charge in [0.2, 0.25) is 5.91 Å². The third-order valence-corrected chi connectivity index (χ3v) is 4.32. The number of amides is 1. The summed E-state index contributed by atoms with van der Waals surface area (Å²) < 4.78 is 18.6. The van der Waals surface area contributed by atoms with Gasteiger partial charge in [0.1, 0.15) is 17.3 Å². The Balaban J connectivity index is 1.74. The lowest BCUT2D eigenvalue weighted by Gasteiger charge is -2.18. The zero-order chi connectivity index (χ0) is 18.5. The van der Waals surface area contributed by atoms with E-state index in [4.69, 9.17) is 4.42 Å². The molecule has 3 aromatic rings. The summed E-state index contributed by atoms with van der Waals surface area (Å²) in [7, 11) is 0. The first-order valence-electron chi connectivity index (χ1n) is 8.53. The van der Waals surface area contributed by atoms with Crippen molar-refractivity contribution in [2.75, 3.05) is 0 Å². The van der Waals surface area contributed by atoms with Crippen LogP contribution < -0.4 is 5.32 Å². The summed E-state index contributed by atoms with van der Waals surface area (Å²) in [5.41, 5.74) is 2.65. The molecule has 1 aromatic heterocycles. The highest BCUT2D eigenvalue weighted by Crippen LogP contribution is 2.28. The predicted molar refractivity (Wildman–Crippen MR) is 97.1 cm³/mol. The largest absolute Gasteiger partial charge is 0.446 e. The van der Waals surface area contributed by atoms with Crippen LogP contribution in [0.2, 0.25) is 0 Å². The molecule has 0 saturated heterocycles. The number of nitrogens with one attached hydrogen (secondary N) is 1. The van der Waals surface area contributed by atoms with Gasteiger partial charge in [-0.1, -0.05) is 42.5 Å². The molecule has 1 amide bonds. The van der Waals surface area contributed by atoms with Crippen LogP contribution in [0.1, 0.15) is 40.8 Å². The number of aryl methyl sites for hydroxylation is 2. The second-order valence-electron chi connectivity index (χ2n) is 6.23. The van der Waals surface area contributed by atoms with Gasteiger partial charge in [-0.15, -0.1) is 0 Å². The van der Waals surface area contributed by atoms with E-state index in [2.05, 4.69) is 10.3 Å². The molecule has 0 radical (unpaired) electrons. The Morgan fingerprint density at radius 1 is 1.08 bits per heavy atom. The number of carbonyl (C=O) groups excluding carboxylic acids is 1. The quantitative estimate of drug-likeness (QED) is 0.721. The molecule has 0 aliphatic rings. The van der Waals surface area contributed by atoms with Crippen molar-refractivity contribution in [3.05, 3.63) is 88.9 Å². The van der Waals surface area contributed by atoms with Crippen LogP contribution in [0, 0.1) is 19.7 Å². The van der Waals surface area contributed by atoms with Gasteiger partial charge in [0.15, 0.2) is 5.89 Å². The van der Waals surface area contributed by atoms with Gasteiger partial charge >= 0.3 is 0 Å². The summed E-state index contributed by atoms with van der Waals surface area (Å²) in [6.07, 6.45) is 0.269. The van der Waals surface area contributed by atoms with Gasteiger partial charge in [0, 0.05) is 19.3 Å². The summed E-state index contributed by atoms with van der Waals surface area (Å²) in [6.45, 7) is 3.93. The summed E-state index contributed by atoms with van der Waals surface area (Å²) in [4.78, 5) is 16.8. The molecule has 4 nitrogen and oxygen atoms in total. The van der Waals surface area contributed by atoms with E-state index in [9.17, 15) is 9.18 Å². The topological polar surface area (TPSA) is 55.1 Å². The number of hydrogen-bond donors (Lipinski definition) is 1. The maximum atomic E-state index is 13.3. The highest BCUT2D eigenvalue weighted by atomic mass is 19.1. The van der Waals surface area contributed by atoms with E-state index in [1.807, 2.05) is 37.3 Å². The number of carbonyl (C=O) groups is 1. The van der Waals surface area contributed by atoms with Crippen LogP contribution >= 0.6 is 0 Å². The van der Waals surface area contributed by atoms with Crippen LogP contribution in [0.4, 0.5) is 4.39 Å². The van der Waals surface area contributed by atoms with E-state index in [0.29, 0.717) is 18.2 Å². The maximum Gasteiger partial charge on any atom is 0.221 e. The lowest BCUT2D eigenvalue weighted by Crippen LogP contribution is -2.25. The number of halogens is 1. The fraction of sp³-hybridized carbons (Fsp3) is 0.238. The molecule has 3 rings (SSSR count). The van der Waals surface area contributed by atoms with Gasteiger partial charge in [0.25, 0.3) is 0 Å². The van der Waals surface area contributed by atoms with Gasteiger partial charge in [-0.05, 0) is 30.2 Å². The summed E-state index contributed by atoms with van der Waals surface area (Å²) in [6, 6.07) is 16.1. The van der Waals surface area contributed by atoms with E-state index in [1.165, 1.54) is 12.1 Å². The van der Waals surface area contributed by atoms with Crippen molar-refractivity contribution in [1.82, 2.24) is 10.3 Å². The monoisotopic (exact) mass is 352 g/mol. The molecule has 0 unspecified atom stereocenters. The highest BCUT2D eigenvalue weighted by molar-refractivity contribution is 5.77. The van der Waals surface area contributed by atoms with Crippen LogP contribution in [-0.2, 0) is 11.3 Å². The van der Waals surface area contributed by atoms with Gasteiger partial charge in [-0.25, -0.2) is 9.37 Å². The Bertz CT molecular complexity index is 873. The first kappa shape index (κ1) is 17.9. The van der Waals surface area contributed by atoms with Crippen molar-refractivity contribution < 1.29 is 13.6 Å². The lowest BCUT2D eigenvalue weighted by atomic mass is 9.88. The number of hydrogen-bond acceptors (Lipinski definition) is 3. The van der Waals surface area contributed by atoms with Crippen molar-refractivity contribution in [1.29, 1.82) is 0 Å². The fourth-order valence-corrected chi connectivity index (χ4v) is 2.98. The Hall–Kier alpha value is -2.95. The summed E-state index contributed by atoms with van der Waals surface area (Å²) in [5.74, 6) is 0.767. The second-order valence-corrected chi connectivity index (χ2v) is 6.23. The number of rotatable bonds is 6. The molecule has 1 heterocycles. The average Bonchev–Trinajstić information content (AvgIpc) is 2.97. The highest BCUT2D eigenvalue weighted by Gasteiger charge is 2.19. The average molecular weight is 352 g/mol. The Morgan fingerprint density at radius 3 is 2.35 bits per heavy atom. The SMILES string of the molecule is Cc1nc(CNC(=O)C[C@H](c2ccccc2)c2ccc(F)cc2)c(C)o1. The predicted octanol–water partition coefficient (Wildman–Crippen LogP) is 4.27. The van der Waals surface area contributed by atoms with Crippen LogP contribution in [-0.4, -0.2) is 10.9 Å². The van der Waals surface area contributed by atoms with Crippen molar-refractivity contribution >= 4 is 5.91 Å². The molecule has 0 aliphatic carbocycles. The standard InChI is InChI=1S/C21H21FN2O2/c1-14-20(24-15(2)26-14)13-23-21(25)12-19(16-6-4-3-5-7-16)17-8-10-18(22)11-9-17/h3-11,19H,12-13H2,1-2H3,(H,23,25)/t19-/m1/s1. The van der Waals surface area contributed by atoms with E-state index in [1.54, 1.807) is 19.1 Å². The minimum atomic E-state index is -0.290. The first-order valence-corrected chi connectivity index (χ1v) is 8.53. The zero-order valence-electron chi connectivity index (χ0n) is 14.8. The second kappa shape index (κ2) is 7.95. The molecule has 5 heteroatoms. The van der Waals surface area contributed by atoms with E-state index in [-0.39, 0.29) is 24.1 Å². The van der Waals surface area contributed by atoms with Crippen molar-refractivity contribution in [3.8, 4) is 0 Å². The van der Waals surface area contributed by atoms with Crippen LogP contribution in [0.15, 0.2) is 59.0 Å². The number of aromatic nitrogens is 1. The van der Waals surface area contributed by atoms with Gasteiger partial charge < -0.3 is 9.73 Å². The molecule has 134 valence electrons. The molecule has 0 spiro atoms. The van der Waals surface area contributed by atoms with Crippen molar-refractivity contribution in [3.63, 3.8) is 0 Å². The number of oxazole rings is 1. The van der Waals surface area contributed by atoms with Crippen LogP contribution in [0.25, 0.3) is 0 Å². The lowest BCUT2D eigenvalue weighted by molar-refractivity contribution is -0.121. The third-order valence-electron chi connectivity index (χ3n) is 4.32. The third kappa shape index (κ3) is 4.36. The minimum absolute atomic E-state index is 0.0942. The molecular weight excluding hydrogens is 331 g/mol. The van der Waals surface area contributed by atoms with Crippen LogP contribution in [0.3, 0.4) is 0 Å². The Morgan fingerprint density at radius 2 is 1.73 bits per heavy atom. The molecule has 2 aromatic carbocycles. The van der Waals surface area contributed by atoms with Crippen LogP contribution in [0.5, 0.6) is 0 Å². The first-order chi connectivity index (χ1) is 12.5. The maximum absolute atomic E-state index is 13.3. The molecule has 0 fully saturated rings. The number of nitrogens with zero attached hydrogens (tertiary/aromatic N) is 1. The fourth-order valence-electron chi connectivity index (χ4n) is 2.98. The van der Waals surface area contributed by atoms with Gasteiger partial charge in [-0.3, -0.25) is 4.79 Å². The number of benzene rings is 2. The zero-order valence-corrected chi connectivity index (χ0v) is 14.8. The molecule has 26 heavy (non-hydrogen) atoms.